The highest BCUT2D eigenvalue weighted by molar-refractivity contribution is 9.10. The maximum Gasteiger partial charge on any atom is 0.276 e. The highest BCUT2D eigenvalue weighted by atomic mass is 79.9. The quantitative estimate of drug-likeness (QED) is 0.649. The van der Waals surface area contributed by atoms with E-state index >= 15 is 0 Å². The van der Waals surface area contributed by atoms with Gasteiger partial charge in [0.25, 0.3) is 11.8 Å². The van der Waals surface area contributed by atoms with Gasteiger partial charge in [-0.1, -0.05) is 41.9 Å². The minimum Gasteiger partial charge on any atom is -0.493 e. The molecule has 2 N–H and O–H groups in total. The molecule has 0 fully saturated rings. The van der Waals surface area contributed by atoms with Crippen molar-refractivity contribution in [3.05, 3.63) is 58.1 Å². The Hall–Kier alpha value is -2.54. The summed E-state index contributed by atoms with van der Waals surface area (Å²) in [6, 6.07) is 12.6. The van der Waals surface area contributed by atoms with Gasteiger partial charge >= 0.3 is 0 Å². The molecule has 0 atom stereocenters. The van der Waals surface area contributed by atoms with Gasteiger partial charge in [-0.05, 0) is 48.7 Å². The van der Waals surface area contributed by atoms with Gasteiger partial charge in [0.05, 0.1) is 12.2 Å². The molecule has 0 saturated carbocycles. The molecule has 0 heterocycles. The first-order valence-corrected chi connectivity index (χ1v) is 9.44. The first-order valence-electron chi connectivity index (χ1n) is 8.65. The van der Waals surface area contributed by atoms with E-state index in [0.717, 1.165) is 4.47 Å². The van der Waals surface area contributed by atoms with E-state index in [0.29, 0.717) is 29.6 Å². The number of halogens is 1. The van der Waals surface area contributed by atoms with Crippen LogP contribution >= 0.6 is 15.9 Å². The van der Waals surface area contributed by atoms with Crippen molar-refractivity contribution in [3.63, 3.8) is 0 Å². The highest BCUT2D eigenvalue weighted by Crippen LogP contribution is 2.23. The first-order chi connectivity index (χ1) is 12.9. The first kappa shape index (κ1) is 20.8. The fourth-order valence-electron chi connectivity index (χ4n) is 2.29. The number of carbonyl (C=O) groups is 2. The van der Waals surface area contributed by atoms with E-state index in [4.69, 9.17) is 9.47 Å². The third-order valence-corrected chi connectivity index (χ3v) is 4.21. The molecule has 6 nitrogen and oxygen atoms in total. The van der Waals surface area contributed by atoms with Gasteiger partial charge in [0.1, 0.15) is 11.5 Å². The second-order valence-corrected chi connectivity index (χ2v) is 7.00. The van der Waals surface area contributed by atoms with Gasteiger partial charge in [0.2, 0.25) is 0 Å². The number of hydrazine groups is 1. The van der Waals surface area contributed by atoms with Crippen LogP contribution in [0.4, 0.5) is 0 Å². The Morgan fingerprint density at radius 2 is 1.74 bits per heavy atom. The van der Waals surface area contributed by atoms with Crippen molar-refractivity contribution in [2.24, 2.45) is 0 Å². The van der Waals surface area contributed by atoms with Gasteiger partial charge < -0.3 is 9.47 Å². The Bertz CT molecular complexity index is 791. The third kappa shape index (κ3) is 6.29. The molecule has 0 aliphatic rings. The van der Waals surface area contributed by atoms with Gasteiger partial charge in [0, 0.05) is 4.47 Å². The van der Waals surface area contributed by atoms with Crippen LogP contribution in [0, 0.1) is 0 Å². The minimum absolute atomic E-state index is 0.210. The van der Waals surface area contributed by atoms with Gasteiger partial charge in [-0.3, -0.25) is 20.4 Å². The molecule has 7 heteroatoms. The Balaban J connectivity index is 1.86. The van der Waals surface area contributed by atoms with Crippen molar-refractivity contribution in [1.82, 2.24) is 10.9 Å². The van der Waals surface area contributed by atoms with Crippen molar-refractivity contribution in [1.29, 1.82) is 0 Å². The van der Waals surface area contributed by atoms with Crippen LogP contribution in [0.2, 0.25) is 0 Å². The van der Waals surface area contributed by atoms with Crippen molar-refractivity contribution in [3.8, 4) is 11.5 Å². The molecule has 0 spiro atoms. The van der Waals surface area contributed by atoms with E-state index < -0.39 is 11.8 Å². The molecule has 2 aromatic carbocycles. The molecule has 2 amide bonds. The topological polar surface area (TPSA) is 76.7 Å². The molecule has 0 aliphatic carbocycles. The normalized spacial score (nSPS) is 10.4. The van der Waals surface area contributed by atoms with Crippen LogP contribution in [0.5, 0.6) is 11.5 Å². The molecule has 0 radical (unpaired) electrons. The smallest absolute Gasteiger partial charge is 0.276 e. The van der Waals surface area contributed by atoms with E-state index in [1.165, 1.54) is 5.56 Å². The summed E-state index contributed by atoms with van der Waals surface area (Å²) < 4.78 is 11.6. The summed E-state index contributed by atoms with van der Waals surface area (Å²) in [6.07, 6.45) is 0. The van der Waals surface area contributed by atoms with Crippen molar-refractivity contribution in [2.45, 2.75) is 26.7 Å². The molecule has 144 valence electrons. The molecule has 0 aromatic heterocycles. The summed E-state index contributed by atoms with van der Waals surface area (Å²) in [6.45, 7) is 6.26. The lowest BCUT2D eigenvalue weighted by Crippen LogP contribution is -2.44. The average molecular weight is 435 g/mol. The number of ether oxygens (including phenoxy) is 2. The van der Waals surface area contributed by atoms with E-state index in [-0.39, 0.29) is 6.61 Å². The number of rotatable bonds is 7. The largest absolute Gasteiger partial charge is 0.493 e. The van der Waals surface area contributed by atoms with Crippen LogP contribution in [0.1, 0.15) is 42.6 Å². The number of hydrogen-bond acceptors (Lipinski definition) is 4. The average Bonchev–Trinajstić information content (AvgIpc) is 2.66. The summed E-state index contributed by atoms with van der Waals surface area (Å²) in [4.78, 5) is 24.2. The van der Waals surface area contributed by atoms with E-state index in [1.807, 2.05) is 31.2 Å². The SMILES string of the molecule is CCOc1ccc(Br)cc1C(=O)NNC(=O)COc1ccc(C(C)C)cc1. The summed E-state index contributed by atoms with van der Waals surface area (Å²) in [5.74, 6) is 0.510. The van der Waals surface area contributed by atoms with E-state index in [9.17, 15) is 9.59 Å². The lowest BCUT2D eigenvalue weighted by molar-refractivity contribution is -0.123. The summed E-state index contributed by atoms with van der Waals surface area (Å²) in [7, 11) is 0. The van der Waals surface area contributed by atoms with Crippen molar-refractivity contribution in [2.75, 3.05) is 13.2 Å². The zero-order valence-corrected chi connectivity index (χ0v) is 17.1. The van der Waals surface area contributed by atoms with Crippen LogP contribution < -0.4 is 20.3 Å². The molecule has 0 unspecified atom stereocenters. The molecule has 2 aromatic rings. The maximum atomic E-state index is 12.3. The monoisotopic (exact) mass is 434 g/mol. The zero-order valence-electron chi connectivity index (χ0n) is 15.5. The minimum atomic E-state index is -0.477. The van der Waals surface area contributed by atoms with Gasteiger partial charge in [-0.25, -0.2) is 0 Å². The fourth-order valence-corrected chi connectivity index (χ4v) is 2.65. The number of hydrogen-bond donors (Lipinski definition) is 2. The molecule has 0 bridgehead atoms. The van der Waals surface area contributed by atoms with Crippen molar-refractivity contribution >= 4 is 27.7 Å². The predicted octanol–water partition coefficient (Wildman–Crippen LogP) is 3.81. The Kier molecular flexibility index (Phi) is 7.67. The summed E-state index contributed by atoms with van der Waals surface area (Å²) >= 11 is 3.32. The summed E-state index contributed by atoms with van der Waals surface area (Å²) in [5.41, 5.74) is 6.21. The van der Waals surface area contributed by atoms with E-state index in [1.54, 1.807) is 18.2 Å². The second kappa shape index (κ2) is 9.97. The number of nitrogens with one attached hydrogen (secondary N) is 2. The Morgan fingerprint density at radius 3 is 2.37 bits per heavy atom. The molecule has 2 rings (SSSR count). The number of benzene rings is 2. The fraction of sp³-hybridized carbons (Fsp3) is 0.300. The van der Waals surface area contributed by atoms with E-state index in [2.05, 4.69) is 40.6 Å². The maximum absolute atomic E-state index is 12.3. The molecule has 0 saturated heterocycles. The Morgan fingerprint density at radius 1 is 1.04 bits per heavy atom. The predicted molar refractivity (Wildman–Crippen MR) is 107 cm³/mol. The highest BCUT2D eigenvalue weighted by Gasteiger charge is 2.14. The number of amides is 2. The van der Waals surface area contributed by atoms with Gasteiger partial charge in [-0.15, -0.1) is 0 Å². The molecule has 0 aliphatic heterocycles. The molecular weight excluding hydrogens is 412 g/mol. The zero-order chi connectivity index (χ0) is 19.8. The van der Waals surface area contributed by atoms with Crippen LogP contribution in [0.25, 0.3) is 0 Å². The summed E-state index contributed by atoms with van der Waals surface area (Å²) in [5, 5.41) is 0. The Labute approximate surface area is 167 Å². The second-order valence-electron chi connectivity index (χ2n) is 6.09. The lowest BCUT2D eigenvalue weighted by Gasteiger charge is -2.12. The van der Waals surface area contributed by atoms with Crippen LogP contribution in [0.3, 0.4) is 0 Å². The van der Waals surface area contributed by atoms with Crippen LogP contribution in [-0.2, 0) is 4.79 Å². The standard InChI is InChI=1S/C20H23BrN2O4/c1-4-26-18-10-7-15(21)11-17(18)20(25)23-22-19(24)12-27-16-8-5-14(6-9-16)13(2)3/h5-11,13H,4,12H2,1-3H3,(H,22,24)(H,23,25). The number of carbonyl (C=O) groups excluding carboxylic acids is 2. The van der Waals surface area contributed by atoms with Crippen LogP contribution in [0.15, 0.2) is 46.9 Å². The van der Waals surface area contributed by atoms with Gasteiger partial charge in [0.15, 0.2) is 6.61 Å². The van der Waals surface area contributed by atoms with Gasteiger partial charge in [-0.2, -0.15) is 0 Å². The third-order valence-electron chi connectivity index (χ3n) is 3.72. The van der Waals surface area contributed by atoms with Crippen LogP contribution in [-0.4, -0.2) is 25.0 Å². The van der Waals surface area contributed by atoms with Crippen molar-refractivity contribution < 1.29 is 19.1 Å². The molecule has 27 heavy (non-hydrogen) atoms. The lowest BCUT2D eigenvalue weighted by atomic mass is 10.0. The molecular formula is C20H23BrN2O4.